The van der Waals surface area contributed by atoms with Gasteiger partial charge in [0.1, 0.15) is 5.41 Å². The quantitative estimate of drug-likeness (QED) is 0.199. The van der Waals surface area contributed by atoms with Gasteiger partial charge in [-0.15, -0.1) is 0 Å². The molecule has 8 heteroatoms. The van der Waals surface area contributed by atoms with Gasteiger partial charge < -0.3 is 30.8 Å². The number of nitrogens with zero attached hydrogens (tertiary/aromatic N) is 2. The van der Waals surface area contributed by atoms with Gasteiger partial charge in [0.25, 0.3) is 0 Å². The molecule has 19 heavy (non-hydrogen) atoms. The van der Waals surface area contributed by atoms with Crippen LogP contribution in [0.25, 0.3) is 0 Å². The summed E-state index contributed by atoms with van der Waals surface area (Å²) in [4.78, 5) is 13.9. The van der Waals surface area contributed by atoms with E-state index in [0.29, 0.717) is 26.1 Å². The topological polar surface area (TPSA) is 129 Å². The van der Waals surface area contributed by atoms with Crippen molar-refractivity contribution in [1.29, 1.82) is 0 Å². The van der Waals surface area contributed by atoms with Crippen LogP contribution in [0, 0.1) is 5.41 Å². The second-order valence-corrected chi connectivity index (χ2v) is 4.42. The summed E-state index contributed by atoms with van der Waals surface area (Å²) in [5.74, 6) is -0.504. The molecule has 1 rings (SSSR count). The van der Waals surface area contributed by atoms with E-state index in [4.69, 9.17) is 25.9 Å². The second kappa shape index (κ2) is 7.27. The van der Waals surface area contributed by atoms with Crippen molar-refractivity contribution in [2.24, 2.45) is 16.3 Å². The highest BCUT2D eigenvalue weighted by molar-refractivity contribution is 6.06. The lowest BCUT2D eigenvalue weighted by atomic mass is 9.77. The lowest BCUT2D eigenvalue weighted by molar-refractivity contribution is -0.143. The SMILES string of the molecule is NC(=NO)C1(C(=O)N(CCO)CCO)CCOCC1. The van der Waals surface area contributed by atoms with Crippen LogP contribution in [0.15, 0.2) is 5.16 Å². The van der Waals surface area contributed by atoms with E-state index in [9.17, 15) is 4.79 Å². The first-order chi connectivity index (χ1) is 9.12. The van der Waals surface area contributed by atoms with Gasteiger partial charge in [-0.1, -0.05) is 5.16 Å². The highest BCUT2D eigenvalue weighted by atomic mass is 16.5. The van der Waals surface area contributed by atoms with E-state index in [0.717, 1.165) is 0 Å². The number of carbonyl (C=O) groups excluding carboxylic acids is 1. The molecule has 0 aromatic heterocycles. The fraction of sp³-hybridized carbons (Fsp3) is 0.818. The third kappa shape index (κ3) is 3.34. The molecule has 0 spiro atoms. The summed E-state index contributed by atoms with van der Waals surface area (Å²) in [6, 6.07) is 0. The lowest BCUT2D eigenvalue weighted by Gasteiger charge is -2.38. The number of nitrogens with two attached hydrogens (primary N) is 1. The Hall–Kier alpha value is -1.38. The minimum absolute atomic E-state index is 0.0979. The fourth-order valence-corrected chi connectivity index (χ4v) is 2.25. The minimum Gasteiger partial charge on any atom is -0.409 e. The number of hydrogen-bond acceptors (Lipinski definition) is 6. The summed E-state index contributed by atoms with van der Waals surface area (Å²) in [5, 5.41) is 29.8. The molecule has 5 N–H and O–H groups in total. The maximum atomic E-state index is 12.6. The van der Waals surface area contributed by atoms with Crippen LogP contribution >= 0.6 is 0 Å². The van der Waals surface area contributed by atoms with Crippen LogP contribution in [-0.2, 0) is 9.53 Å². The maximum absolute atomic E-state index is 12.6. The molecule has 0 radical (unpaired) electrons. The van der Waals surface area contributed by atoms with E-state index >= 15 is 0 Å². The molecule has 8 nitrogen and oxygen atoms in total. The molecule has 0 aliphatic carbocycles. The third-order valence-corrected chi connectivity index (χ3v) is 3.38. The van der Waals surface area contributed by atoms with Crippen LogP contribution in [0.4, 0.5) is 0 Å². The Morgan fingerprint density at radius 1 is 1.26 bits per heavy atom. The van der Waals surface area contributed by atoms with Crippen molar-refractivity contribution in [3.05, 3.63) is 0 Å². The summed E-state index contributed by atoms with van der Waals surface area (Å²) in [5.41, 5.74) is 4.57. The standard InChI is InChI=1S/C11H21N3O5/c12-9(13-18)11(1-7-19-8-2-11)10(17)14(3-5-15)4-6-16/h15-16,18H,1-8H2,(H2,12,13). The smallest absolute Gasteiger partial charge is 0.236 e. The fourth-order valence-electron chi connectivity index (χ4n) is 2.25. The van der Waals surface area contributed by atoms with Crippen LogP contribution in [0.3, 0.4) is 0 Å². The molecule has 0 unspecified atom stereocenters. The normalized spacial score (nSPS) is 19.2. The maximum Gasteiger partial charge on any atom is 0.236 e. The molecule has 0 atom stereocenters. The Bertz CT molecular complexity index is 322. The van der Waals surface area contributed by atoms with Gasteiger partial charge in [-0.25, -0.2) is 0 Å². The van der Waals surface area contributed by atoms with Crippen molar-refractivity contribution in [2.45, 2.75) is 12.8 Å². The molecule has 1 fully saturated rings. The molecule has 1 amide bonds. The largest absolute Gasteiger partial charge is 0.409 e. The van der Waals surface area contributed by atoms with Crippen molar-refractivity contribution in [3.8, 4) is 0 Å². The van der Waals surface area contributed by atoms with Gasteiger partial charge in [-0.3, -0.25) is 4.79 Å². The predicted octanol–water partition coefficient (Wildman–Crippen LogP) is -1.66. The lowest BCUT2D eigenvalue weighted by Crippen LogP contribution is -2.55. The number of hydrogen-bond donors (Lipinski definition) is 4. The number of amidine groups is 1. The van der Waals surface area contributed by atoms with Gasteiger partial charge in [-0.2, -0.15) is 0 Å². The average molecular weight is 275 g/mol. The number of oxime groups is 1. The van der Waals surface area contributed by atoms with E-state index in [1.807, 2.05) is 0 Å². The van der Waals surface area contributed by atoms with Gasteiger partial charge >= 0.3 is 0 Å². The number of ether oxygens (including phenoxy) is 1. The summed E-state index contributed by atoms with van der Waals surface area (Å²) in [7, 11) is 0. The van der Waals surface area contributed by atoms with E-state index in [1.54, 1.807) is 0 Å². The van der Waals surface area contributed by atoms with Gasteiger partial charge in [0.15, 0.2) is 5.84 Å². The van der Waals surface area contributed by atoms with Gasteiger partial charge in [0, 0.05) is 26.3 Å². The predicted molar refractivity (Wildman–Crippen MR) is 66.6 cm³/mol. The monoisotopic (exact) mass is 275 g/mol. The zero-order chi connectivity index (χ0) is 14.3. The first kappa shape index (κ1) is 15.7. The molecule has 0 bridgehead atoms. The van der Waals surface area contributed by atoms with Crippen molar-refractivity contribution in [2.75, 3.05) is 39.5 Å². The van der Waals surface area contributed by atoms with E-state index < -0.39 is 5.41 Å². The molecule has 1 saturated heterocycles. The molecule has 1 aliphatic rings. The number of rotatable bonds is 6. The van der Waals surface area contributed by atoms with E-state index in [1.165, 1.54) is 4.90 Å². The summed E-state index contributed by atoms with van der Waals surface area (Å²) in [6.45, 7) is 0.451. The third-order valence-electron chi connectivity index (χ3n) is 3.38. The van der Waals surface area contributed by atoms with Gasteiger partial charge in [-0.05, 0) is 12.8 Å². The molecule has 0 aromatic rings. The zero-order valence-electron chi connectivity index (χ0n) is 10.8. The van der Waals surface area contributed by atoms with Gasteiger partial charge in [0.05, 0.1) is 13.2 Å². The highest BCUT2D eigenvalue weighted by Crippen LogP contribution is 2.33. The Kier molecular flexibility index (Phi) is 6.00. The van der Waals surface area contributed by atoms with Crippen LogP contribution in [0.5, 0.6) is 0 Å². The first-order valence-electron chi connectivity index (χ1n) is 6.19. The molecular weight excluding hydrogens is 254 g/mol. The van der Waals surface area contributed by atoms with Crippen LogP contribution in [0.1, 0.15) is 12.8 Å². The zero-order valence-corrected chi connectivity index (χ0v) is 10.8. The molecule has 110 valence electrons. The van der Waals surface area contributed by atoms with Crippen LogP contribution in [-0.4, -0.2) is 71.6 Å². The highest BCUT2D eigenvalue weighted by Gasteiger charge is 2.46. The van der Waals surface area contributed by atoms with Crippen molar-refractivity contribution in [3.63, 3.8) is 0 Å². The Labute approximate surface area is 111 Å². The average Bonchev–Trinajstić information content (AvgIpc) is 2.46. The van der Waals surface area contributed by atoms with E-state index in [-0.39, 0.29) is 38.0 Å². The molecule has 1 heterocycles. The first-order valence-corrected chi connectivity index (χ1v) is 6.19. The Balaban J connectivity index is 2.98. The number of carbonyl (C=O) groups is 1. The summed E-state index contributed by atoms with van der Waals surface area (Å²) < 4.78 is 5.21. The van der Waals surface area contributed by atoms with Crippen LogP contribution in [0.2, 0.25) is 0 Å². The number of aliphatic hydroxyl groups is 2. The molecule has 1 aliphatic heterocycles. The van der Waals surface area contributed by atoms with Crippen molar-refractivity contribution in [1.82, 2.24) is 4.90 Å². The van der Waals surface area contributed by atoms with Crippen molar-refractivity contribution >= 4 is 11.7 Å². The van der Waals surface area contributed by atoms with Gasteiger partial charge in [0.2, 0.25) is 5.91 Å². The Morgan fingerprint density at radius 2 is 1.79 bits per heavy atom. The molecule has 0 saturated carbocycles. The minimum atomic E-state index is -1.11. The molecule has 0 aromatic carbocycles. The second-order valence-electron chi connectivity index (χ2n) is 4.42. The van der Waals surface area contributed by atoms with E-state index in [2.05, 4.69) is 5.16 Å². The summed E-state index contributed by atoms with van der Waals surface area (Å²) in [6.07, 6.45) is 0.629. The number of amides is 1. The molecular formula is C11H21N3O5. The summed E-state index contributed by atoms with van der Waals surface area (Å²) >= 11 is 0. The Morgan fingerprint density at radius 3 is 2.21 bits per heavy atom. The van der Waals surface area contributed by atoms with Crippen molar-refractivity contribution < 1.29 is 25.0 Å². The van der Waals surface area contributed by atoms with Crippen LogP contribution < -0.4 is 5.73 Å². The number of aliphatic hydroxyl groups excluding tert-OH is 2.